The van der Waals surface area contributed by atoms with E-state index in [1.807, 2.05) is 30.6 Å². The first-order valence-corrected chi connectivity index (χ1v) is 19.4. The van der Waals surface area contributed by atoms with Crippen molar-refractivity contribution in [3.63, 3.8) is 0 Å². The largest absolute Gasteiger partial charge is 0.490 e. The highest BCUT2D eigenvalue weighted by Gasteiger charge is 2.45. The SMILES string of the molecule is CC(=O)NCCCN(CCCSc1ccc(Cl)c(CCC2(c3cnccc3-c3ccccc3OC3CC3)CC2)c1)C(=O)[C@@H](O)[C@@H](O)[C@H](O)[C@@H](O)CO. The van der Waals surface area contributed by atoms with Crippen LogP contribution in [0.2, 0.25) is 5.02 Å². The Morgan fingerprint density at radius 1 is 1.04 bits per heavy atom. The molecule has 0 bridgehead atoms. The van der Waals surface area contributed by atoms with Crippen LogP contribution in [-0.4, -0.2) is 110 Å². The molecule has 5 rings (SSSR count). The molecule has 2 fully saturated rings. The van der Waals surface area contributed by atoms with Gasteiger partial charge in [-0.25, -0.2) is 0 Å². The first-order valence-electron chi connectivity index (χ1n) is 18.0. The van der Waals surface area contributed by atoms with Crippen LogP contribution in [0.15, 0.2) is 65.8 Å². The molecule has 2 amide bonds. The maximum absolute atomic E-state index is 13.1. The zero-order valence-electron chi connectivity index (χ0n) is 29.5. The van der Waals surface area contributed by atoms with E-state index in [0.29, 0.717) is 36.3 Å². The molecule has 3 aromatic rings. The van der Waals surface area contributed by atoms with Crippen molar-refractivity contribution < 1.29 is 39.9 Å². The fourth-order valence-corrected chi connectivity index (χ4v) is 7.50. The minimum absolute atomic E-state index is 0.0169. The summed E-state index contributed by atoms with van der Waals surface area (Å²) < 4.78 is 6.27. The van der Waals surface area contributed by atoms with Gasteiger partial charge in [0, 0.05) is 54.4 Å². The van der Waals surface area contributed by atoms with E-state index >= 15 is 0 Å². The smallest absolute Gasteiger partial charge is 0.254 e. The van der Waals surface area contributed by atoms with Crippen molar-refractivity contribution in [1.82, 2.24) is 15.2 Å². The second kappa shape index (κ2) is 18.7. The number of para-hydroxylation sites is 1. The highest BCUT2D eigenvalue weighted by molar-refractivity contribution is 7.99. The Morgan fingerprint density at radius 3 is 2.50 bits per heavy atom. The van der Waals surface area contributed by atoms with E-state index in [0.717, 1.165) is 60.3 Å². The molecule has 1 heterocycles. The summed E-state index contributed by atoms with van der Waals surface area (Å²) in [6, 6.07) is 16.4. The van der Waals surface area contributed by atoms with Gasteiger partial charge in [-0.15, -0.1) is 11.8 Å². The summed E-state index contributed by atoms with van der Waals surface area (Å²) in [6.45, 7) is 1.30. The number of aliphatic hydroxyl groups excluding tert-OH is 5. The molecule has 6 N–H and O–H groups in total. The number of carbonyl (C=O) groups excluding carboxylic acids is 2. The van der Waals surface area contributed by atoms with Crippen molar-refractivity contribution in [2.75, 3.05) is 32.0 Å². The van der Waals surface area contributed by atoms with Crippen LogP contribution < -0.4 is 10.1 Å². The number of ether oxygens (including phenoxy) is 1. The normalized spacial score (nSPS) is 17.1. The summed E-state index contributed by atoms with van der Waals surface area (Å²) in [5.41, 5.74) is 4.60. The number of carbonyl (C=O) groups is 2. The van der Waals surface area contributed by atoms with Crippen LogP contribution in [0, 0.1) is 0 Å². The van der Waals surface area contributed by atoms with Crippen LogP contribution >= 0.6 is 23.4 Å². The third-order valence-corrected chi connectivity index (χ3v) is 11.2. The van der Waals surface area contributed by atoms with Crippen LogP contribution in [-0.2, 0) is 21.4 Å². The van der Waals surface area contributed by atoms with Crippen LogP contribution in [0.5, 0.6) is 5.75 Å². The monoisotopic (exact) mass is 755 g/mol. The second-order valence-corrected chi connectivity index (χ2v) is 15.4. The topological polar surface area (TPSA) is 173 Å². The molecule has 0 spiro atoms. The van der Waals surface area contributed by atoms with Crippen molar-refractivity contribution in [2.45, 2.75) is 99.1 Å². The quantitative estimate of drug-likeness (QED) is 0.0693. The molecule has 13 heteroatoms. The Morgan fingerprint density at radius 2 is 1.79 bits per heavy atom. The number of thioether (sulfide) groups is 1. The fraction of sp³-hybridized carbons (Fsp3) is 0.513. The van der Waals surface area contributed by atoms with Crippen LogP contribution in [0.4, 0.5) is 0 Å². The van der Waals surface area contributed by atoms with Crippen LogP contribution in [0.1, 0.15) is 63.0 Å². The number of nitrogens with one attached hydrogen (secondary N) is 1. The lowest BCUT2D eigenvalue weighted by atomic mass is 9.85. The number of pyridine rings is 1. The molecular formula is C39H50ClN3O8S. The van der Waals surface area contributed by atoms with Crippen molar-refractivity contribution in [3.8, 4) is 16.9 Å². The average molecular weight is 756 g/mol. The predicted octanol–water partition coefficient (Wildman–Crippen LogP) is 3.88. The maximum atomic E-state index is 13.1. The number of aryl methyl sites for hydroxylation is 1. The number of aromatic nitrogens is 1. The lowest BCUT2D eigenvalue weighted by Crippen LogP contribution is -2.53. The summed E-state index contributed by atoms with van der Waals surface area (Å²) in [5.74, 6) is 0.543. The Bertz CT molecular complexity index is 1660. The Labute approximate surface area is 314 Å². The third kappa shape index (κ3) is 10.7. The number of benzene rings is 2. The van der Waals surface area contributed by atoms with Gasteiger partial charge in [-0.3, -0.25) is 14.6 Å². The second-order valence-electron chi connectivity index (χ2n) is 13.8. The molecule has 2 aliphatic carbocycles. The molecule has 4 atom stereocenters. The molecule has 0 aliphatic heterocycles. The van der Waals surface area contributed by atoms with Crippen LogP contribution in [0.25, 0.3) is 11.1 Å². The summed E-state index contributed by atoms with van der Waals surface area (Å²) in [5, 5.41) is 53.0. The molecule has 282 valence electrons. The number of amides is 2. The van der Waals surface area contributed by atoms with E-state index in [2.05, 4.69) is 40.6 Å². The van der Waals surface area contributed by atoms with Gasteiger partial charge in [0.15, 0.2) is 6.10 Å². The standard InChI is InChI=1S/C39H50ClN3O8S/c1-25(45)42-17-4-19-43(38(50)37(49)36(48)35(47)33(46)24-44)20-5-21-52-28-10-11-32(40)26(22-28)12-14-39(15-16-39)31-23-41-18-13-29(31)30-6-2-3-7-34(30)51-27-8-9-27/h2-3,6-7,10-11,13,18,22-23,27,33,35-37,44,46-49H,4-5,8-9,12,14-17,19-21,24H2,1H3,(H,42,45)/t33-,35+,36-,37-/m0/s1. The summed E-state index contributed by atoms with van der Waals surface area (Å²) in [7, 11) is 0. The van der Waals surface area contributed by atoms with Gasteiger partial charge in [0.2, 0.25) is 5.91 Å². The minimum Gasteiger partial charge on any atom is -0.490 e. The van der Waals surface area contributed by atoms with Gasteiger partial charge in [0.1, 0.15) is 24.1 Å². The van der Waals surface area contributed by atoms with Crippen molar-refractivity contribution in [2.24, 2.45) is 0 Å². The van der Waals surface area contributed by atoms with E-state index in [-0.39, 0.29) is 24.4 Å². The lowest BCUT2D eigenvalue weighted by molar-refractivity contribution is -0.158. The molecule has 1 aromatic heterocycles. The third-order valence-electron chi connectivity index (χ3n) is 9.77. The average Bonchev–Trinajstić information content (AvgIpc) is 4.10. The van der Waals surface area contributed by atoms with E-state index in [1.54, 1.807) is 11.8 Å². The first kappa shape index (κ1) is 40.0. The minimum atomic E-state index is -2.01. The van der Waals surface area contributed by atoms with Gasteiger partial charge < -0.3 is 40.5 Å². The van der Waals surface area contributed by atoms with Crippen molar-refractivity contribution >= 4 is 35.2 Å². The van der Waals surface area contributed by atoms with Gasteiger partial charge in [0.05, 0.1) is 12.7 Å². The van der Waals surface area contributed by atoms with E-state index in [9.17, 15) is 30.0 Å². The Hall–Kier alpha value is -3.23. The Balaban J connectivity index is 1.19. The van der Waals surface area contributed by atoms with Crippen molar-refractivity contribution in [1.29, 1.82) is 0 Å². The van der Waals surface area contributed by atoms with Gasteiger partial charge >= 0.3 is 0 Å². The zero-order chi connectivity index (χ0) is 37.3. The predicted molar refractivity (Wildman–Crippen MR) is 200 cm³/mol. The van der Waals surface area contributed by atoms with E-state index in [1.165, 1.54) is 23.0 Å². The van der Waals surface area contributed by atoms with Crippen LogP contribution in [0.3, 0.4) is 0 Å². The molecular weight excluding hydrogens is 706 g/mol. The summed E-state index contributed by atoms with van der Waals surface area (Å²) in [6.07, 6.45) is 3.57. The zero-order valence-corrected chi connectivity index (χ0v) is 31.1. The molecule has 2 aliphatic rings. The van der Waals surface area contributed by atoms with E-state index < -0.39 is 36.9 Å². The molecule has 0 radical (unpaired) electrons. The number of nitrogens with zero attached hydrogens (tertiary/aromatic N) is 2. The van der Waals surface area contributed by atoms with Crippen molar-refractivity contribution in [3.05, 3.63) is 77.1 Å². The number of halogens is 1. The lowest BCUT2D eigenvalue weighted by Gasteiger charge is -2.30. The van der Waals surface area contributed by atoms with E-state index in [4.69, 9.17) is 21.4 Å². The van der Waals surface area contributed by atoms with Gasteiger partial charge in [-0.2, -0.15) is 0 Å². The molecule has 11 nitrogen and oxygen atoms in total. The number of hydrogen-bond acceptors (Lipinski definition) is 10. The van der Waals surface area contributed by atoms with Gasteiger partial charge in [-0.1, -0.05) is 29.8 Å². The number of rotatable bonds is 21. The summed E-state index contributed by atoms with van der Waals surface area (Å²) in [4.78, 5) is 31.4. The first-order chi connectivity index (χ1) is 25.0. The molecule has 2 aromatic carbocycles. The highest BCUT2D eigenvalue weighted by atomic mass is 35.5. The maximum Gasteiger partial charge on any atom is 0.254 e. The number of hydrogen-bond donors (Lipinski definition) is 6. The van der Waals surface area contributed by atoms with Gasteiger partial charge in [0.25, 0.3) is 5.91 Å². The summed E-state index contributed by atoms with van der Waals surface area (Å²) >= 11 is 8.34. The molecule has 2 saturated carbocycles. The highest BCUT2D eigenvalue weighted by Crippen LogP contribution is 2.55. The molecule has 52 heavy (non-hydrogen) atoms. The Kier molecular flexibility index (Phi) is 14.4. The molecule has 0 unspecified atom stereocenters. The molecule has 0 saturated heterocycles. The van der Waals surface area contributed by atoms with Gasteiger partial charge in [-0.05, 0) is 110 Å². The number of aliphatic hydroxyl groups is 5. The fourth-order valence-electron chi connectivity index (χ4n) is 6.39.